The molecule has 1 heterocycles. The number of hydrogen-bond donors (Lipinski definition) is 2. The predicted molar refractivity (Wildman–Crippen MR) is 62.7 cm³/mol. The lowest BCUT2D eigenvalue weighted by Crippen LogP contribution is -1.98. The Hall–Kier alpha value is -2.37. The number of hydrogen-bond acceptors (Lipinski definition) is 5. The molecule has 17 heavy (non-hydrogen) atoms. The molecule has 0 spiro atoms. The topological polar surface area (TPSA) is 73.1 Å². The summed E-state index contributed by atoms with van der Waals surface area (Å²) in [6.07, 6.45) is 1.35. The number of nitrogens with zero attached hydrogens (tertiary/aromatic N) is 2. The molecule has 1 aromatic carbocycles. The number of nitrogens with one attached hydrogen (secondary N) is 1. The SMILES string of the molecule is COc1cc(Nc2cc(N)ncn2)ccc1F. The molecule has 0 saturated heterocycles. The first kappa shape index (κ1) is 11.1. The molecule has 2 rings (SSSR count). The fourth-order valence-electron chi connectivity index (χ4n) is 1.33. The van der Waals surface area contributed by atoms with Crippen molar-refractivity contribution in [3.8, 4) is 5.75 Å². The summed E-state index contributed by atoms with van der Waals surface area (Å²) >= 11 is 0. The van der Waals surface area contributed by atoms with Crippen LogP contribution in [0.3, 0.4) is 0 Å². The van der Waals surface area contributed by atoms with E-state index in [4.69, 9.17) is 10.5 Å². The Kier molecular flexibility index (Phi) is 3.04. The highest BCUT2D eigenvalue weighted by Crippen LogP contribution is 2.23. The average molecular weight is 234 g/mol. The maximum Gasteiger partial charge on any atom is 0.165 e. The molecule has 0 amide bonds. The molecule has 1 aromatic heterocycles. The normalized spacial score (nSPS) is 10.0. The molecule has 0 atom stereocenters. The van der Waals surface area contributed by atoms with E-state index < -0.39 is 5.82 Å². The highest BCUT2D eigenvalue weighted by molar-refractivity contribution is 5.59. The van der Waals surface area contributed by atoms with Gasteiger partial charge in [0.1, 0.15) is 18.0 Å². The Labute approximate surface area is 97.5 Å². The van der Waals surface area contributed by atoms with Crippen LogP contribution in [0.1, 0.15) is 0 Å². The van der Waals surface area contributed by atoms with Crippen LogP contribution in [0.2, 0.25) is 0 Å². The largest absolute Gasteiger partial charge is 0.494 e. The van der Waals surface area contributed by atoms with Crippen molar-refractivity contribution in [1.82, 2.24) is 9.97 Å². The summed E-state index contributed by atoms with van der Waals surface area (Å²) < 4.78 is 18.0. The van der Waals surface area contributed by atoms with Gasteiger partial charge in [0.15, 0.2) is 11.6 Å². The van der Waals surface area contributed by atoms with Crippen molar-refractivity contribution in [2.75, 3.05) is 18.2 Å². The van der Waals surface area contributed by atoms with E-state index in [1.807, 2.05) is 0 Å². The van der Waals surface area contributed by atoms with E-state index in [1.54, 1.807) is 12.1 Å². The Morgan fingerprint density at radius 2 is 2.12 bits per heavy atom. The summed E-state index contributed by atoms with van der Waals surface area (Å²) in [4.78, 5) is 7.75. The van der Waals surface area contributed by atoms with Crippen molar-refractivity contribution in [3.05, 3.63) is 36.4 Å². The van der Waals surface area contributed by atoms with Crippen LogP contribution in [-0.4, -0.2) is 17.1 Å². The molecule has 0 unspecified atom stereocenters. The van der Waals surface area contributed by atoms with Crippen molar-refractivity contribution < 1.29 is 9.13 Å². The number of halogens is 1. The van der Waals surface area contributed by atoms with Gasteiger partial charge in [0.2, 0.25) is 0 Å². The lowest BCUT2D eigenvalue weighted by molar-refractivity contribution is 0.387. The van der Waals surface area contributed by atoms with Gasteiger partial charge in [-0.1, -0.05) is 0 Å². The Balaban J connectivity index is 2.24. The highest BCUT2D eigenvalue weighted by atomic mass is 19.1. The number of nitrogens with two attached hydrogens (primary N) is 1. The molecule has 0 aliphatic heterocycles. The van der Waals surface area contributed by atoms with Crippen LogP contribution in [0, 0.1) is 5.82 Å². The third-order valence-electron chi connectivity index (χ3n) is 2.11. The first-order chi connectivity index (χ1) is 8.19. The fourth-order valence-corrected chi connectivity index (χ4v) is 1.33. The van der Waals surface area contributed by atoms with Gasteiger partial charge in [0.25, 0.3) is 0 Å². The summed E-state index contributed by atoms with van der Waals surface area (Å²) in [5, 5.41) is 2.97. The molecule has 2 aromatic rings. The molecule has 0 fully saturated rings. The maximum absolute atomic E-state index is 13.2. The van der Waals surface area contributed by atoms with E-state index in [1.165, 1.54) is 25.6 Å². The summed E-state index contributed by atoms with van der Waals surface area (Å²) in [6, 6.07) is 6.01. The molecule has 88 valence electrons. The smallest absolute Gasteiger partial charge is 0.165 e. The second-order valence-corrected chi connectivity index (χ2v) is 3.30. The van der Waals surface area contributed by atoms with E-state index in [2.05, 4.69) is 15.3 Å². The molecule has 0 aliphatic carbocycles. The van der Waals surface area contributed by atoms with Crippen LogP contribution in [-0.2, 0) is 0 Å². The van der Waals surface area contributed by atoms with E-state index in [0.717, 1.165) is 0 Å². The standard InChI is InChI=1S/C11H11FN4O/c1-17-9-4-7(2-3-8(9)12)16-11-5-10(13)14-6-15-11/h2-6H,1H3,(H3,13,14,15,16). The zero-order valence-corrected chi connectivity index (χ0v) is 9.14. The van der Waals surface area contributed by atoms with Gasteiger partial charge in [-0.15, -0.1) is 0 Å². The zero-order chi connectivity index (χ0) is 12.3. The molecule has 6 heteroatoms. The first-order valence-corrected chi connectivity index (χ1v) is 4.87. The molecule has 0 bridgehead atoms. The lowest BCUT2D eigenvalue weighted by Gasteiger charge is -2.08. The number of ether oxygens (including phenoxy) is 1. The summed E-state index contributed by atoms with van der Waals surface area (Å²) in [5.74, 6) is 0.639. The molecular weight excluding hydrogens is 223 g/mol. The van der Waals surface area contributed by atoms with E-state index in [0.29, 0.717) is 17.3 Å². The molecule has 0 aliphatic rings. The third kappa shape index (κ3) is 2.60. The summed E-state index contributed by atoms with van der Waals surface area (Å²) in [5.41, 5.74) is 6.17. The average Bonchev–Trinajstić information content (AvgIpc) is 2.32. The van der Waals surface area contributed by atoms with Crippen LogP contribution < -0.4 is 15.8 Å². The number of benzene rings is 1. The third-order valence-corrected chi connectivity index (χ3v) is 2.11. The van der Waals surface area contributed by atoms with Gasteiger partial charge in [0, 0.05) is 17.8 Å². The van der Waals surface area contributed by atoms with Crippen molar-refractivity contribution in [2.45, 2.75) is 0 Å². The molecule has 0 radical (unpaired) electrons. The van der Waals surface area contributed by atoms with Crippen molar-refractivity contribution >= 4 is 17.3 Å². The van der Waals surface area contributed by atoms with Gasteiger partial charge in [-0.25, -0.2) is 14.4 Å². The number of rotatable bonds is 3. The molecule has 0 saturated carbocycles. The van der Waals surface area contributed by atoms with E-state index >= 15 is 0 Å². The van der Waals surface area contributed by atoms with Gasteiger partial charge in [-0.05, 0) is 12.1 Å². The quantitative estimate of drug-likeness (QED) is 0.849. The van der Waals surface area contributed by atoms with Crippen LogP contribution in [0.4, 0.5) is 21.7 Å². The minimum atomic E-state index is -0.416. The number of anilines is 3. The van der Waals surface area contributed by atoms with Gasteiger partial charge < -0.3 is 15.8 Å². The monoisotopic (exact) mass is 234 g/mol. The van der Waals surface area contributed by atoms with E-state index in [-0.39, 0.29) is 5.75 Å². The zero-order valence-electron chi connectivity index (χ0n) is 9.14. The molecule has 3 N–H and O–H groups in total. The van der Waals surface area contributed by atoms with Crippen LogP contribution >= 0.6 is 0 Å². The lowest BCUT2D eigenvalue weighted by atomic mass is 10.3. The Morgan fingerprint density at radius 3 is 2.82 bits per heavy atom. The van der Waals surface area contributed by atoms with E-state index in [9.17, 15) is 4.39 Å². The van der Waals surface area contributed by atoms with Crippen molar-refractivity contribution in [3.63, 3.8) is 0 Å². The van der Waals surface area contributed by atoms with Crippen molar-refractivity contribution in [1.29, 1.82) is 0 Å². The minimum Gasteiger partial charge on any atom is -0.494 e. The second-order valence-electron chi connectivity index (χ2n) is 3.30. The second kappa shape index (κ2) is 4.65. The Bertz CT molecular complexity index is 533. The van der Waals surface area contributed by atoms with Gasteiger partial charge in [-0.3, -0.25) is 0 Å². The highest BCUT2D eigenvalue weighted by Gasteiger charge is 2.04. The van der Waals surface area contributed by atoms with Crippen molar-refractivity contribution in [2.24, 2.45) is 0 Å². The molecular formula is C11H11FN4O. The van der Waals surface area contributed by atoms with Crippen LogP contribution in [0.15, 0.2) is 30.6 Å². The fraction of sp³-hybridized carbons (Fsp3) is 0.0909. The maximum atomic E-state index is 13.2. The van der Waals surface area contributed by atoms with Gasteiger partial charge >= 0.3 is 0 Å². The Morgan fingerprint density at radius 1 is 1.29 bits per heavy atom. The number of methoxy groups -OCH3 is 1. The summed E-state index contributed by atoms with van der Waals surface area (Å²) in [6.45, 7) is 0. The van der Waals surface area contributed by atoms with Gasteiger partial charge in [0.05, 0.1) is 7.11 Å². The first-order valence-electron chi connectivity index (χ1n) is 4.87. The predicted octanol–water partition coefficient (Wildman–Crippen LogP) is 1.95. The van der Waals surface area contributed by atoms with Crippen LogP contribution in [0.5, 0.6) is 5.75 Å². The van der Waals surface area contributed by atoms with Crippen LogP contribution in [0.25, 0.3) is 0 Å². The number of nitrogen functional groups attached to an aromatic ring is 1. The van der Waals surface area contributed by atoms with Gasteiger partial charge in [-0.2, -0.15) is 0 Å². The summed E-state index contributed by atoms with van der Waals surface area (Å²) in [7, 11) is 1.41. The molecule has 5 nitrogen and oxygen atoms in total. The number of aromatic nitrogens is 2. The minimum absolute atomic E-state index is 0.164.